The molecule has 0 aliphatic carbocycles. The van der Waals surface area contributed by atoms with Crippen molar-refractivity contribution in [1.29, 1.82) is 0 Å². The third-order valence-corrected chi connectivity index (χ3v) is 3.93. The number of ether oxygens (including phenoxy) is 1. The van der Waals surface area contributed by atoms with Gasteiger partial charge in [0.1, 0.15) is 0 Å². The van der Waals surface area contributed by atoms with Crippen molar-refractivity contribution in [2.45, 2.75) is 71.6 Å². The highest BCUT2D eigenvalue weighted by atomic mass is 16.5. The highest BCUT2D eigenvalue weighted by molar-refractivity contribution is 5.96. The summed E-state index contributed by atoms with van der Waals surface area (Å²) >= 11 is 0. The normalized spacial score (nSPS) is 10.5. The predicted octanol–water partition coefficient (Wildman–Crippen LogP) is 5.12. The van der Waals surface area contributed by atoms with Gasteiger partial charge in [-0.3, -0.25) is 9.59 Å². The van der Waals surface area contributed by atoms with Gasteiger partial charge in [-0.2, -0.15) is 0 Å². The maximum atomic E-state index is 12.1. The van der Waals surface area contributed by atoms with Gasteiger partial charge in [0.15, 0.2) is 5.78 Å². The summed E-state index contributed by atoms with van der Waals surface area (Å²) in [5, 5.41) is 0. The second-order valence-electron chi connectivity index (χ2n) is 5.94. The van der Waals surface area contributed by atoms with Crippen LogP contribution in [0.25, 0.3) is 0 Å². The number of Topliss-reactive ketones (excluding diaryl/α,β-unsaturated/α-hetero) is 1. The number of hydrogen-bond donors (Lipinski definition) is 0. The molecule has 0 aromatic heterocycles. The van der Waals surface area contributed by atoms with Gasteiger partial charge in [0.25, 0.3) is 0 Å². The second-order valence-corrected chi connectivity index (χ2v) is 5.94. The smallest absolute Gasteiger partial charge is 0.305 e. The number of unbranched alkanes of at least 4 members (excludes halogenated alkanes) is 4. The first-order valence-electron chi connectivity index (χ1n) is 8.95. The summed E-state index contributed by atoms with van der Waals surface area (Å²) in [6, 6.07) is 7.93. The maximum Gasteiger partial charge on any atom is 0.305 e. The minimum Gasteiger partial charge on any atom is -0.466 e. The Hall–Kier alpha value is -1.64. The first-order chi connectivity index (χ1) is 11.2. The average Bonchev–Trinajstić information content (AvgIpc) is 2.55. The van der Waals surface area contributed by atoms with Crippen LogP contribution in [0.1, 0.15) is 81.1 Å². The fourth-order valence-corrected chi connectivity index (χ4v) is 2.56. The summed E-state index contributed by atoms with van der Waals surface area (Å²) in [4.78, 5) is 23.3. The Morgan fingerprint density at radius 2 is 1.57 bits per heavy atom. The Kier molecular flexibility index (Phi) is 10.0. The van der Waals surface area contributed by atoms with E-state index in [1.165, 1.54) is 37.7 Å². The highest BCUT2D eigenvalue weighted by Gasteiger charge is 2.08. The summed E-state index contributed by atoms with van der Waals surface area (Å²) in [6.45, 7) is 4.41. The van der Waals surface area contributed by atoms with Gasteiger partial charge in [0.2, 0.25) is 0 Å². The van der Waals surface area contributed by atoms with Crippen LogP contribution in [-0.4, -0.2) is 18.4 Å². The Labute approximate surface area is 140 Å². The van der Waals surface area contributed by atoms with Crippen molar-refractivity contribution in [1.82, 2.24) is 0 Å². The van der Waals surface area contributed by atoms with Crippen LogP contribution in [0.2, 0.25) is 0 Å². The molecule has 1 aromatic carbocycles. The van der Waals surface area contributed by atoms with E-state index in [0.29, 0.717) is 25.9 Å². The summed E-state index contributed by atoms with van der Waals surface area (Å²) < 4.78 is 4.86. The molecule has 0 spiro atoms. The third-order valence-electron chi connectivity index (χ3n) is 3.93. The molecular formula is C20H30O3. The van der Waals surface area contributed by atoms with Gasteiger partial charge in [0.05, 0.1) is 6.61 Å². The maximum absolute atomic E-state index is 12.1. The summed E-state index contributed by atoms with van der Waals surface area (Å²) in [7, 11) is 0. The first-order valence-corrected chi connectivity index (χ1v) is 8.95. The fraction of sp³-hybridized carbons (Fsp3) is 0.600. The van der Waals surface area contributed by atoms with Crippen LogP contribution < -0.4 is 0 Å². The van der Waals surface area contributed by atoms with Gasteiger partial charge in [-0.1, -0.05) is 56.9 Å². The molecule has 0 saturated carbocycles. The zero-order valence-corrected chi connectivity index (χ0v) is 14.6. The Balaban J connectivity index is 2.29. The highest BCUT2D eigenvalue weighted by Crippen LogP contribution is 2.13. The van der Waals surface area contributed by atoms with Gasteiger partial charge in [-0.15, -0.1) is 0 Å². The number of esters is 1. The number of carbonyl (C=O) groups excluding carboxylic acids is 2. The minimum absolute atomic E-state index is 0.101. The lowest BCUT2D eigenvalue weighted by atomic mass is 10.0. The van der Waals surface area contributed by atoms with Crippen LogP contribution in [-0.2, 0) is 16.0 Å². The van der Waals surface area contributed by atoms with E-state index in [0.717, 1.165) is 12.0 Å². The van der Waals surface area contributed by atoms with E-state index in [4.69, 9.17) is 4.74 Å². The lowest BCUT2D eigenvalue weighted by Crippen LogP contribution is -2.06. The minimum atomic E-state index is -0.223. The topological polar surface area (TPSA) is 43.4 Å². The molecule has 128 valence electrons. The molecule has 1 aromatic rings. The summed E-state index contributed by atoms with van der Waals surface area (Å²) in [6.07, 6.45) is 8.75. The van der Waals surface area contributed by atoms with Gasteiger partial charge >= 0.3 is 5.97 Å². The van der Waals surface area contributed by atoms with Crippen LogP contribution in [0.15, 0.2) is 24.3 Å². The van der Waals surface area contributed by atoms with E-state index in [1.807, 2.05) is 12.1 Å². The summed E-state index contributed by atoms with van der Waals surface area (Å²) in [5.74, 6) is -0.123. The molecule has 0 unspecified atom stereocenters. The van der Waals surface area contributed by atoms with Gasteiger partial charge in [0, 0.05) is 18.4 Å². The molecule has 0 radical (unpaired) electrons. The third kappa shape index (κ3) is 8.53. The van der Waals surface area contributed by atoms with Crippen molar-refractivity contribution < 1.29 is 14.3 Å². The Morgan fingerprint density at radius 3 is 2.22 bits per heavy atom. The average molecular weight is 318 g/mol. The molecule has 0 bridgehead atoms. The number of benzene rings is 1. The lowest BCUT2D eigenvalue weighted by Gasteiger charge is -2.05. The molecule has 0 amide bonds. The number of carbonyl (C=O) groups is 2. The van der Waals surface area contributed by atoms with Crippen molar-refractivity contribution in [3.63, 3.8) is 0 Å². The molecule has 0 aliphatic rings. The standard InChI is InChI=1S/C20H30O3/c1-3-5-6-7-8-10-17-13-15-18(16-14-17)19(21)11-9-12-20(22)23-4-2/h13-16H,3-12H2,1-2H3. The monoisotopic (exact) mass is 318 g/mol. The van der Waals surface area contributed by atoms with Crippen molar-refractivity contribution in [3.05, 3.63) is 35.4 Å². The van der Waals surface area contributed by atoms with E-state index < -0.39 is 0 Å². The van der Waals surface area contributed by atoms with Gasteiger partial charge in [-0.05, 0) is 31.7 Å². The van der Waals surface area contributed by atoms with E-state index >= 15 is 0 Å². The molecule has 23 heavy (non-hydrogen) atoms. The Bertz CT molecular complexity index is 462. The second kappa shape index (κ2) is 11.9. The van der Waals surface area contributed by atoms with Crippen molar-refractivity contribution in [2.75, 3.05) is 6.61 Å². The molecule has 3 nitrogen and oxygen atoms in total. The molecule has 3 heteroatoms. The lowest BCUT2D eigenvalue weighted by molar-refractivity contribution is -0.143. The van der Waals surface area contributed by atoms with Crippen LogP contribution >= 0.6 is 0 Å². The Morgan fingerprint density at radius 1 is 0.870 bits per heavy atom. The molecule has 0 atom stereocenters. The van der Waals surface area contributed by atoms with Crippen LogP contribution in [0.5, 0.6) is 0 Å². The van der Waals surface area contributed by atoms with E-state index in [1.54, 1.807) is 6.92 Å². The number of ketones is 1. The molecule has 0 saturated heterocycles. The number of rotatable bonds is 12. The molecule has 0 N–H and O–H groups in total. The number of hydrogen-bond acceptors (Lipinski definition) is 3. The van der Waals surface area contributed by atoms with Crippen LogP contribution in [0.3, 0.4) is 0 Å². The number of aryl methyl sites for hydroxylation is 1. The largest absolute Gasteiger partial charge is 0.466 e. The molecule has 0 aliphatic heterocycles. The van der Waals surface area contributed by atoms with E-state index in [9.17, 15) is 9.59 Å². The van der Waals surface area contributed by atoms with E-state index in [2.05, 4.69) is 19.1 Å². The zero-order chi connectivity index (χ0) is 16.9. The molecule has 0 heterocycles. The van der Waals surface area contributed by atoms with Gasteiger partial charge in [-0.25, -0.2) is 0 Å². The van der Waals surface area contributed by atoms with Crippen molar-refractivity contribution >= 4 is 11.8 Å². The molecule has 0 fully saturated rings. The van der Waals surface area contributed by atoms with Crippen molar-refractivity contribution in [2.24, 2.45) is 0 Å². The van der Waals surface area contributed by atoms with Crippen molar-refractivity contribution in [3.8, 4) is 0 Å². The van der Waals surface area contributed by atoms with Gasteiger partial charge < -0.3 is 4.74 Å². The SMILES string of the molecule is CCCCCCCc1ccc(C(=O)CCCC(=O)OCC)cc1. The first kappa shape index (κ1) is 19.4. The van der Waals surface area contributed by atoms with Crippen LogP contribution in [0, 0.1) is 0 Å². The molecular weight excluding hydrogens is 288 g/mol. The van der Waals surface area contributed by atoms with E-state index in [-0.39, 0.29) is 11.8 Å². The zero-order valence-electron chi connectivity index (χ0n) is 14.6. The summed E-state index contributed by atoms with van der Waals surface area (Å²) in [5.41, 5.74) is 2.04. The predicted molar refractivity (Wildman–Crippen MR) is 93.7 cm³/mol. The molecule has 1 rings (SSSR count). The fourth-order valence-electron chi connectivity index (χ4n) is 2.56. The quantitative estimate of drug-likeness (QED) is 0.305. The van der Waals surface area contributed by atoms with Crippen LogP contribution in [0.4, 0.5) is 0 Å².